The van der Waals surface area contributed by atoms with E-state index in [0.717, 1.165) is 17.0 Å². The summed E-state index contributed by atoms with van der Waals surface area (Å²) >= 11 is 0. The first-order valence-corrected chi connectivity index (χ1v) is 10.6. The van der Waals surface area contributed by atoms with Crippen molar-refractivity contribution in [2.45, 2.75) is 31.8 Å². The zero-order valence-corrected chi connectivity index (χ0v) is 19.1. The Kier molecular flexibility index (Phi) is 7.66. The number of rotatable bonds is 7. The lowest BCUT2D eigenvalue weighted by molar-refractivity contribution is -0.274. The maximum absolute atomic E-state index is 13.0. The van der Waals surface area contributed by atoms with Crippen LogP contribution in [0.2, 0.25) is 0 Å². The maximum Gasteiger partial charge on any atom is 0.573 e. The van der Waals surface area contributed by atoms with Crippen molar-refractivity contribution in [2.24, 2.45) is 0 Å². The second kappa shape index (κ2) is 10.5. The minimum Gasteiger partial charge on any atom is -0.481 e. The van der Waals surface area contributed by atoms with E-state index in [1.165, 1.54) is 25.4 Å². The van der Waals surface area contributed by atoms with Crippen molar-refractivity contribution in [3.05, 3.63) is 65.9 Å². The summed E-state index contributed by atoms with van der Waals surface area (Å²) in [6.07, 6.45) is -3.26. The number of ether oxygens (including phenoxy) is 1. The molecule has 12 heteroatoms. The lowest BCUT2D eigenvalue weighted by atomic mass is 9.94. The van der Waals surface area contributed by atoms with Gasteiger partial charge in [-0.2, -0.15) is 0 Å². The predicted molar refractivity (Wildman–Crippen MR) is 121 cm³/mol. The summed E-state index contributed by atoms with van der Waals surface area (Å²) in [5.74, 6) is -3.17. The first kappa shape index (κ1) is 26.3. The van der Waals surface area contributed by atoms with Crippen LogP contribution >= 0.6 is 0 Å². The molecule has 190 valence electrons. The van der Waals surface area contributed by atoms with Crippen LogP contribution in [0.15, 0.2) is 54.7 Å². The van der Waals surface area contributed by atoms with Gasteiger partial charge in [-0.1, -0.05) is 30.3 Å². The molecule has 3 amide bonds. The second-order valence-electron chi connectivity index (χ2n) is 7.99. The minimum atomic E-state index is -4.97. The molecule has 3 N–H and O–H groups in total. The number of ketones is 1. The Bertz CT molecular complexity index is 1230. The van der Waals surface area contributed by atoms with Gasteiger partial charge in [0.2, 0.25) is 0 Å². The van der Waals surface area contributed by atoms with Gasteiger partial charge in [-0.05, 0) is 35.7 Å². The number of aliphatic carboxylic acids is 1. The fourth-order valence-electron chi connectivity index (χ4n) is 3.63. The molecule has 2 atom stereocenters. The molecule has 3 rings (SSSR count). The van der Waals surface area contributed by atoms with Gasteiger partial charge in [0.15, 0.2) is 11.8 Å². The number of benzene rings is 2. The van der Waals surface area contributed by atoms with E-state index in [0.29, 0.717) is 11.1 Å². The lowest BCUT2D eigenvalue weighted by Crippen LogP contribution is -2.55. The Morgan fingerprint density at radius 3 is 2.47 bits per heavy atom. The molecule has 1 aliphatic rings. The third kappa shape index (κ3) is 6.40. The van der Waals surface area contributed by atoms with E-state index in [9.17, 15) is 37.5 Å². The van der Waals surface area contributed by atoms with E-state index in [-0.39, 0.29) is 11.1 Å². The number of carboxylic acids is 1. The van der Waals surface area contributed by atoms with Crippen LogP contribution in [0.5, 0.6) is 5.75 Å². The number of hydrogen-bond donors (Lipinski definition) is 3. The van der Waals surface area contributed by atoms with Gasteiger partial charge in [-0.15, -0.1) is 13.2 Å². The molecular weight excluding hydrogens is 483 g/mol. The van der Waals surface area contributed by atoms with Gasteiger partial charge < -0.3 is 25.4 Å². The van der Waals surface area contributed by atoms with Gasteiger partial charge in [0.1, 0.15) is 5.75 Å². The fourth-order valence-corrected chi connectivity index (χ4v) is 3.63. The molecule has 1 heterocycles. The van der Waals surface area contributed by atoms with Gasteiger partial charge in [-0.3, -0.25) is 14.4 Å². The molecule has 0 saturated heterocycles. The van der Waals surface area contributed by atoms with E-state index in [1.54, 1.807) is 31.2 Å². The molecule has 0 fully saturated rings. The molecule has 0 aliphatic carbocycles. The molecule has 0 aromatic heterocycles. The van der Waals surface area contributed by atoms with Crippen molar-refractivity contribution >= 4 is 23.7 Å². The Labute approximate surface area is 203 Å². The average Bonchev–Trinajstić information content (AvgIpc) is 2.78. The number of alkyl halides is 3. The summed E-state index contributed by atoms with van der Waals surface area (Å²) in [5, 5.41) is 14.0. The monoisotopic (exact) mass is 505 g/mol. The van der Waals surface area contributed by atoms with E-state index < -0.39 is 54.3 Å². The van der Waals surface area contributed by atoms with Gasteiger partial charge in [0.05, 0.1) is 12.5 Å². The molecule has 36 heavy (non-hydrogen) atoms. The number of halogens is 3. The number of carbonyl (C=O) groups excluding carboxylic acids is 3. The third-order valence-corrected chi connectivity index (χ3v) is 5.37. The fraction of sp³-hybridized carbons (Fsp3) is 0.250. The topological polar surface area (TPSA) is 125 Å². The third-order valence-electron chi connectivity index (χ3n) is 5.37. The van der Waals surface area contributed by atoms with Crippen molar-refractivity contribution < 1.29 is 42.2 Å². The number of likely N-dealkylation sites (N-methyl/N-ethyl adjacent to an activating group) is 1. The highest BCUT2D eigenvalue weighted by Gasteiger charge is 2.34. The molecule has 1 aliphatic heterocycles. The minimum absolute atomic E-state index is 0.0323. The normalized spacial score (nSPS) is 16.5. The van der Waals surface area contributed by atoms with Gasteiger partial charge in [-0.25, -0.2) is 4.79 Å². The van der Waals surface area contributed by atoms with Crippen LogP contribution in [-0.4, -0.2) is 53.1 Å². The largest absolute Gasteiger partial charge is 0.573 e. The number of nitrogens with zero attached hydrogens (tertiary/aromatic N) is 1. The van der Waals surface area contributed by atoms with Crippen LogP contribution in [0.3, 0.4) is 0 Å². The maximum atomic E-state index is 13.0. The number of aryl methyl sites for hydroxylation is 1. The lowest BCUT2D eigenvalue weighted by Gasteiger charge is -2.25. The van der Waals surface area contributed by atoms with Crippen LogP contribution in [0.4, 0.5) is 18.0 Å². The Balaban J connectivity index is 1.95. The molecule has 1 unspecified atom stereocenters. The highest BCUT2D eigenvalue weighted by molar-refractivity contribution is 6.14. The summed E-state index contributed by atoms with van der Waals surface area (Å²) in [5.41, 5.74) is 1.24. The van der Waals surface area contributed by atoms with E-state index in [2.05, 4.69) is 15.4 Å². The number of nitrogens with one attached hydrogen (secondary N) is 2. The summed E-state index contributed by atoms with van der Waals surface area (Å²) < 4.78 is 43.2. The van der Waals surface area contributed by atoms with Gasteiger partial charge in [0.25, 0.3) is 5.91 Å². The quantitative estimate of drug-likeness (QED) is 0.496. The molecule has 0 saturated carbocycles. The molecule has 9 nitrogen and oxygen atoms in total. The van der Waals surface area contributed by atoms with Crippen molar-refractivity contribution in [3.8, 4) is 16.9 Å². The summed E-state index contributed by atoms with van der Waals surface area (Å²) in [6, 6.07) is 6.38. The molecule has 0 spiro atoms. The second-order valence-corrected chi connectivity index (χ2v) is 7.99. The highest BCUT2D eigenvalue weighted by atomic mass is 19.4. The Morgan fingerprint density at radius 2 is 1.83 bits per heavy atom. The molecule has 2 aromatic rings. The van der Waals surface area contributed by atoms with E-state index >= 15 is 0 Å². The van der Waals surface area contributed by atoms with Crippen LogP contribution < -0.4 is 15.4 Å². The molecule has 2 aromatic carbocycles. The smallest absolute Gasteiger partial charge is 0.481 e. The van der Waals surface area contributed by atoms with E-state index in [1.807, 2.05) is 0 Å². The van der Waals surface area contributed by atoms with Gasteiger partial charge >= 0.3 is 18.4 Å². The summed E-state index contributed by atoms with van der Waals surface area (Å²) in [7, 11) is 1.39. The molecular formula is C24H22F3N3O6. The standard InChI is InChI=1S/C24H22F3N3O6/c1-13-5-3-4-6-15(13)16-11-14(7-8-19(16)36-24(25,26)27)17(12-20(32)33)28-23(35)29-21-18(31)9-10-30(2)22(21)34/h3-11,17,21H,12H2,1-2H3,(H,32,33)(H2,28,29,35)/t17-,21?/m0/s1. The van der Waals surface area contributed by atoms with Crippen molar-refractivity contribution in [1.82, 2.24) is 15.5 Å². The number of amides is 3. The number of carboxylic acid groups (broad SMARTS) is 1. The van der Waals surface area contributed by atoms with Crippen LogP contribution in [0.25, 0.3) is 11.1 Å². The summed E-state index contributed by atoms with van der Waals surface area (Å²) in [4.78, 5) is 49.4. The van der Waals surface area contributed by atoms with Gasteiger partial charge in [0, 0.05) is 24.9 Å². The first-order valence-electron chi connectivity index (χ1n) is 10.6. The summed E-state index contributed by atoms with van der Waals surface area (Å²) in [6.45, 7) is 1.68. The van der Waals surface area contributed by atoms with Crippen LogP contribution in [0.1, 0.15) is 23.6 Å². The number of carbonyl (C=O) groups is 4. The van der Waals surface area contributed by atoms with E-state index in [4.69, 9.17) is 0 Å². The zero-order chi connectivity index (χ0) is 26.6. The molecule has 0 bridgehead atoms. The predicted octanol–water partition coefficient (Wildman–Crippen LogP) is 3.30. The first-order chi connectivity index (χ1) is 16.9. The average molecular weight is 505 g/mol. The van der Waals surface area contributed by atoms with Crippen molar-refractivity contribution in [3.63, 3.8) is 0 Å². The Hall–Kier alpha value is -4.35. The highest BCUT2D eigenvalue weighted by Crippen LogP contribution is 2.37. The zero-order valence-electron chi connectivity index (χ0n) is 19.1. The number of hydrogen-bond acceptors (Lipinski definition) is 5. The molecule has 0 radical (unpaired) electrons. The van der Waals surface area contributed by atoms with Crippen molar-refractivity contribution in [1.29, 1.82) is 0 Å². The Morgan fingerprint density at radius 1 is 1.14 bits per heavy atom. The van der Waals surface area contributed by atoms with Crippen LogP contribution in [-0.2, 0) is 14.4 Å². The number of urea groups is 1. The van der Waals surface area contributed by atoms with Crippen LogP contribution in [0, 0.1) is 6.92 Å². The SMILES string of the molecule is Cc1ccccc1-c1cc([C@H](CC(=O)O)NC(=O)NC2C(=O)C=CN(C)C2=O)ccc1OC(F)(F)F. The van der Waals surface area contributed by atoms with Crippen molar-refractivity contribution in [2.75, 3.05) is 7.05 Å².